The second kappa shape index (κ2) is 7.71. The number of anilines is 1. The van der Waals surface area contributed by atoms with Crippen LogP contribution in [0.15, 0.2) is 21.3 Å². The lowest BCUT2D eigenvalue weighted by Crippen LogP contribution is -2.38. The molecule has 144 valence electrons. The zero-order valence-corrected chi connectivity index (χ0v) is 18.0. The summed E-state index contributed by atoms with van der Waals surface area (Å²) < 4.78 is 12.4. The molecule has 27 heavy (non-hydrogen) atoms. The van der Waals surface area contributed by atoms with E-state index in [9.17, 15) is 0 Å². The summed E-state index contributed by atoms with van der Waals surface area (Å²) in [5, 5.41) is 4.74. The fourth-order valence-corrected chi connectivity index (χ4v) is 4.53. The number of rotatable bonds is 5. The zero-order chi connectivity index (χ0) is 19.0. The summed E-state index contributed by atoms with van der Waals surface area (Å²) in [5.74, 6) is 1.51. The summed E-state index contributed by atoms with van der Waals surface area (Å²) in [5.41, 5.74) is 0.873. The Morgan fingerprint density at radius 2 is 1.96 bits per heavy atom. The molecule has 4 rings (SSSR count). The SMILES string of the molecule is CC(C)c1noc(N2CCC([C@H](C)Oc3nc4ccc(Br)nc4s3)CC2)n1. The van der Waals surface area contributed by atoms with Crippen LogP contribution in [0.3, 0.4) is 0 Å². The number of pyridine rings is 1. The highest BCUT2D eigenvalue weighted by molar-refractivity contribution is 9.10. The van der Waals surface area contributed by atoms with Crippen molar-refractivity contribution < 1.29 is 9.26 Å². The van der Waals surface area contributed by atoms with Crippen LogP contribution in [-0.4, -0.2) is 39.3 Å². The largest absolute Gasteiger partial charge is 0.467 e. The number of nitrogens with zero attached hydrogens (tertiary/aromatic N) is 5. The molecule has 0 aromatic carbocycles. The quantitative estimate of drug-likeness (QED) is 0.522. The number of aromatic nitrogens is 4. The number of ether oxygens (including phenoxy) is 1. The minimum Gasteiger partial charge on any atom is -0.467 e. The first-order valence-electron chi connectivity index (χ1n) is 9.18. The van der Waals surface area contributed by atoms with E-state index >= 15 is 0 Å². The number of hydrogen-bond acceptors (Lipinski definition) is 8. The molecule has 3 aromatic heterocycles. The van der Waals surface area contributed by atoms with Crippen molar-refractivity contribution >= 4 is 43.6 Å². The van der Waals surface area contributed by atoms with E-state index in [2.05, 4.69) is 61.7 Å². The number of halogens is 1. The Morgan fingerprint density at radius 3 is 2.67 bits per heavy atom. The van der Waals surface area contributed by atoms with Gasteiger partial charge in [-0.2, -0.15) is 4.98 Å². The molecule has 1 atom stereocenters. The van der Waals surface area contributed by atoms with Gasteiger partial charge in [0.2, 0.25) is 0 Å². The standard InChI is InChI=1S/C18H22BrN5O2S/c1-10(2)15-22-17(26-23-15)24-8-6-12(7-9-24)11(3)25-18-20-13-4-5-14(19)21-16(13)27-18/h4-5,10-12H,6-9H2,1-3H3/t11-/m0/s1. The average molecular weight is 452 g/mol. The first-order valence-corrected chi connectivity index (χ1v) is 10.8. The lowest BCUT2D eigenvalue weighted by molar-refractivity contribution is 0.131. The second-order valence-electron chi connectivity index (χ2n) is 7.18. The molecule has 1 aliphatic rings. The first kappa shape index (κ1) is 18.6. The van der Waals surface area contributed by atoms with Crippen molar-refractivity contribution in [3.63, 3.8) is 0 Å². The molecule has 0 N–H and O–H groups in total. The van der Waals surface area contributed by atoms with Gasteiger partial charge in [-0.1, -0.05) is 30.3 Å². The monoisotopic (exact) mass is 451 g/mol. The van der Waals surface area contributed by atoms with Crippen molar-refractivity contribution in [3.05, 3.63) is 22.6 Å². The lowest BCUT2D eigenvalue weighted by atomic mass is 9.92. The topological polar surface area (TPSA) is 77.2 Å². The van der Waals surface area contributed by atoms with E-state index in [1.807, 2.05) is 12.1 Å². The lowest BCUT2D eigenvalue weighted by Gasteiger charge is -2.33. The molecule has 7 nitrogen and oxygen atoms in total. The highest BCUT2D eigenvalue weighted by Crippen LogP contribution is 2.31. The van der Waals surface area contributed by atoms with Crippen LogP contribution in [-0.2, 0) is 0 Å². The van der Waals surface area contributed by atoms with Gasteiger partial charge in [0.25, 0.3) is 5.19 Å². The molecular weight excluding hydrogens is 430 g/mol. The molecule has 0 radical (unpaired) electrons. The van der Waals surface area contributed by atoms with Crippen LogP contribution in [0.1, 0.15) is 45.4 Å². The minimum atomic E-state index is 0.102. The first-order chi connectivity index (χ1) is 13.0. The summed E-state index contributed by atoms with van der Waals surface area (Å²) in [7, 11) is 0. The van der Waals surface area contributed by atoms with Gasteiger partial charge in [0.15, 0.2) is 5.82 Å². The summed E-state index contributed by atoms with van der Waals surface area (Å²) in [6.07, 6.45) is 2.15. The van der Waals surface area contributed by atoms with E-state index in [0.717, 1.165) is 46.7 Å². The second-order valence-corrected chi connectivity index (χ2v) is 8.93. The van der Waals surface area contributed by atoms with E-state index in [4.69, 9.17) is 9.26 Å². The van der Waals surface area contributed by atoms with E-state index in [1.54, 1.807) is 0 Å². The molecule has 0 saturated carbocycles. The van der Waals surface area contributed by atoms with Crippen molar-refractivity contribution in [2.24, 2.45) is 5.92 Å². The van der Waals surface area contributed by atoms with Gasteiger partial charge in [-0.3, -0.25) is 0 Å². The smallest absolute Gasteiger partial charge is 0.324 e. The third-order valence-corrected chi connectivity index (χ3v) is 6.21. The number of piperidine rings is 1. The predicted octanol–water partition coefficient (Wildman–Crippen LogP) is 4.64. The summed E-state index contributed by atoms with van der Waals surface area (Å²) >= 11 is 4.88. The van der Waals surface area contributed by atoms with Crippen molar-refractivity contribution in [3.8, 4) is 5.19 Å². The molecule has 4 heterocycles. The van der Waals surface area contributed by atoms with E-state index in [1.165, 1.54) is 11.3 Å². The van der Waals surface area contributed by atoms with Crippen LogP contribution in [0.2, 0.25) is 0 Å². The Bertz CT molecular complexity index is 920. The molecule has 0 bridgehead atoms. The van der Waals surface area contributed by atoms with E-state index in [0.29, 0.717) is 17.1 Å². The molecule has 0 unspecified atom stereocenters. The molecule has 9 heteroatoms. The number of hydrogen-bond donors (Lipinski definition) is 0. The Morgan fingerprint density at radius 1 is 1.19 bits per heavy atom. The molecule has 3 aromatic rings. The van der Waals surface area contributed by atoms with Crippen LogP contribution in [0.4, 0.5) is 6.01 Å². The molecule has 0 spiro atoms. The molecule has 1 fully saturated rings. The molecule has 0 aliphatic carbocycles. The Hall–Kier alpha value is -1.74. The highest BCUT2D eigenvalue weighted by atomic mass is 79.9. The maximum atomic E-state index is 6.14. The molecular formula is C18H22BrN5O2S. The molecule has 1 saturated heterocycles. The fraction of sp³-hybridized carbons (Fsp3) is 0.556. The van der Waals surface area contributed by atoms with Gasteiger partial charge >= 0.3 is 6.01 Å². The number of thiazole rings is 1. The minimum absolute atomic E-state index is 0.102. The maximum Gasteiger partial charge on any atom is 0.324 e. The molecule has 1 aliphatic heterocycles. The van der Waals surface area contributed by atoms with Gasteiger partial charge < -0.3 is 14.2 Å². The van der Waals surface area contributed by atoms with Crippen molar-refractivity contribution in [1.82, 2.24) is 20.1 Å². The van der Waals surface area contributed by atoms with Crippen LogP contribution >= 0.6 is 27.3 Å². The highest BCUT2D eigenvalue weighted by Gasteiger charge is 2.28. The van der Waals surface area contributed by atoms with Crippen molar-refractivity contribution in [1.29, 1.82) is 0 Å². The van der Waals surface area contributed by atoms with Crippen molar-refractivity contribution in [2.75, 3.05) is 18.0 Å². The van der Waals surface area contributed by atoms with Crippen LogP contribution in [0.25, 0.3) is 10.3 Å². The van der Waals surface area contributed by atoms with E-state index in [-0.39, 0.29) is 12.0 Å². The van der Waals surface area contributed by atoms with Crippen LogP contribution in [0.5, 0.6) is 5.19 Å². The van der Waals surface area contributed by atoms with Gasteiger partial charge in [-0.05, 0) is 53.7 Å². The third-order valence-electron chi connectivity index (χ3n) is 4.91. The normalized spacial score (nSPS) is 17.0. The molecule has 0 amide bonds. The Labute approximate surface area is 170 Å². The van der Waals surface area contributed by atoms with Gasteiger partial charge in [0, 0.05) is 19.0 Å². The van der Waals surface area contributed by atoms with Gasteiger partial charge in [0.05, 0.1) is 0 Å². The summed E-state index contributed by atoms with van der Waals surface area (Å²) in [4.78, 5) is 16.5. The van der Waals surface area contributed by atoms with Crippen LogP contribution in [0, 0.1) is 5.92 Å². The average Bonchev–Trinajstić information content (AvgIpc) is 3.28. The number of fused-ring (bicyclic) bond motifs is 1. The van der Waals surface area contributed by atoms with Gasteiger partial charge in [-0.15, -0.1) is 0 Å². The van der Waals surface area contributed by atoms with Gasteiger partial charge in [-0.25, -0.2) is 9.97 Å². The van der Waals surface area contributed by atoms with Crippen molar-refractivity contribution in [2.45, 2.75) is 45.6 Å². The van der Waals surface area contributed by atoms with E-state index < -0.39 is 0 Å². The zero-order valence-electron chi connectivity index (χ0n) is 15.6. The summed E-state index contributed by atoms with van der Waals surface area (Å²) in [6, 6.07) is 4.48. The maximum absolute atomic E-state index is 6.14. The fourth-order valence-electron chi connectivity index (χ4n) is 3.23. The summed E-state index contributed by atoms with van der Waals surface area (Å²) in [6.45, 7) is 8.05. The third kappa shape index (κ3) is 4.08. The Balaban J connectivity index is 1.35. The predicted molar refractivity (Wildman–Crippen MR) is 109 cm³/mol. The Kier molecular flexibility index (Phi) is 5.32. The van der Waals surface area contributed by atoms with Gasteiger partial charge in [0.1, 0.15) is 21.1 Å². The van der Waals surface area contributed by atoms with Crippen LogP contribution < -0.4 is 9.64 Å².